The number of nitrogens with zero attached hydrogens (tertiary/aromatic N) is 3. The molecule has 1 aromatic heterocycles. The van der Waals surface area contributed by atoms with Crippen LogP contribution in [0.25, 0.3) is 0 Å². The molecule has 7 heteroatoms. The van der Waals surface area contributed by atoms with Gasteiger partial charge >= 0.3 is 0 Å². The molecular formula is C15H14ClFN4O. The quantitative estimate of drug-likeness (QED) is 0.938. The topological polar surface area (TPSA) is 72.1 Å². The van der Waals surface area contributed by atoms with Crippen molar-refractivity contribution in [2.45, 2.75) is 19.5 Å². The number of hydrogen-bond acceptors (Lipinski definition) is 4. The molecule has 0 unspecified atom stereocenters. The Labute approximate surface area is 131 Å². The Kier molecular flexibility index (Phi) is 4.04. The smallest absolute Gasteiger partial charge is 0.286 e. The first kappa shape index (κ1) is 14.9. The Hall–Kier alpha value is -2.05. The maximum atomic E-state index is 13.9. The summed E-state index contributed by atoms with van der Waals surface area (Å²) in [5, 5.41) is 0.409. The molecule has 1 aromatic carbocycles. The number of rotatable bonds is 3. The van der Waals surface area contributed by atoms with Crippen molar-refractivity contribution in [1.82, 2.24) is 14.9 Å². The Balaban J connectivity index is 1.82. The van der Waals surface area contributed by atoms with Crippen molar-refractivity contribution in [1.29, 1.82) is 0 Å². The number of carbonyl (C=O) groups is 1. The van der Waals surface area contributed by atoms with Crippen LogP contribution in [-0.4, -0.2) is 27.3 Å². The molecule has 114 valence electrons. The minimum atomic E-state index is -0.655. The molecule has 0 saturated heterocycles. The predicted molar refractivity (Wildman–Crippen MR) is 79.8 cm³/mol. The van der Waals surface area contributed by atoms with E-state index in [0.29, 0.717) is 23.7 Å². The third-order valence-corrected chi connectivity index (χ3v) is 4.04. The molecule has 0 saturated carbocycles. The molecule has 1 amide bonds. The number of primary amides is 1. The van der Waals surface area contributed by atoms with E-state index < -0.39 is 5.91 Å². The van der Waals surface area contributed by atoms with Crippen LogP contribution in [0.1, 0.15) is 27.4 Å². The molecule has 1 aliphatic rings. The number of nitrogens with two attached hydrogens (primary N) is 1. The highest BCUT2D eigenvalue weighted by Crippen LogP contribution is 2.24. The lowest BCUT2D eigenvalue weighted by atomic mass is 10.1. The number of halogens is 2. The van der Waals surface area contributed by atoms with Gasteiger partial charge in [0.2, 0.25) is 5.82 Å². The summed E-state index contributed by atoms with van der Waals surface area (Å²) in [6.07, 6.45) is 2.37. The van der Waals surface area contributed by atoms with Crippen LogP contribution in [0.2, 0.25) is 5.02 Å². The lowest BCUT2D eigenvalue weighted by Gasteiger charge is -2.28. The standard InChI is InChI=1S/C15H14ClFN4O/c16-11-2-1-3-12(17)10(11)7-21-5-4-9-6-19-15(14(18)22)20-13(9)8-21/h1-3,6H,4-5,7-8H2,(H2,18,22). The van der Waals surface area contributed by atoms with Crippen LogP contribution in [0.3, 0.4) is 0 Å². The summed E-state index contributed by atoms with van der Waals surface area (Å²) in [6.45, 7) is 1.64. The van der Waals surface area contributed by atoms with Gasteiger partial charge in [-0.05, 0) is 24.1 Å². The van der Waals surface area contributed by atoms with E-state index in [1.807, 2.05) is 4.90 Å². The van der Waals surface area contributed by atoms with E-state index in [-0.39, 0.29) is 11.6 Å². The Morgan fingerprint density at radius 1 is 1.45 bits per heavy atom. The van der Waals surface area contributed by atoms with Gasteiger partial charge in [0.15, 0.2) is 0 Å². The van der Waals surface area contributed by atoms with E-state index in [1.165, 1.54) is 6.07 Å². The lowest BCUT2D eigenvalue weighted by Crippen LogP contribution is -2.32. The molecule has 0 bridgehead atoms. The Morgan fingerprint density at radius 3 is 3.00 bits per heavy atom. The second kappa shape index (κ2) is 5.98. The van der Waals surface area contributed by atoms with Gasteiger partial charge in [-0.15, -0.1) is 0 Å². The average molecular weight is 321 g/mol. The van der Waals surface area contributed by atoms with Crippen LogP contribution in [0.15, 0.2) is 24.4 Å². The maximum Gasteiger partial charge on any atom is 0.286 e. The summed E-state index contributed by atoms with van der Waals surface area (Å²) < 4.78 is 13.9. The van der Waals surface area contributed by atoms with Gasteiger partial charge < -0.3 is 5.73 Å². The van der Waals surface area contributed by atoms with Crippen LogP contribution < -0.4 is 5.73 Å². The van der Waals surface area contributed by atoms with Gasteiger partial charge in [-0.25, -0.2) is 14.4 Å². The van der Waals surface area contributed by atoms with Crippen LogP contribution in [-0.2, 0) is 19.5 Å². The zero-order valence-electron chi connectivity index (χ0n) is 11.7. The molecule has 3 rings (SSSR count). The third-order valence-electron chi connectivity index (χ3n) is 3.69. The van der Waals surface area contributed by atoms with Crippen molar-refractivity contribution in [3.05, 3.63) is 57.9 Å². The highest BCUT2D eigenvalue weighted by molar-refractivity contribution is 6.31. The Bertz CT molecular complexity index is 717. The van der Waals surface area contributed by atoms with Crippen LogP contribution in [0, 0.1) is 5.82 Å². The first-order valence-electron chi connectivity index (χ1n) is 6.84. The van der Waals surface area contributed by atoms with E-state index in [1.54, 1.807) is 18.3 Å². The number of carbonyl (C=O) groups excluding carboxylic acids is 1. The maximum absolute atomic E-state index is 13.9. The largest absolute Gasteiger partial charge is 0.363 e. The first-order chi connectivity index (χ1) is 10.5. The molecular weight excluding hydrogens is 307 g/mol. The fourth-order valence-electron chi connectivity index (χ4n) is 2.52. The minimum Gasteiger partial charge on any atom is -0.363 e. The summed E-state index contributed by atoms with van der Waals surface area (Å²) in [5.41, 5.74) is 7.41. The molecule has 1 aliphatic heterocycles. The van der Waals surface area contributed by atoms with E-state index >= 15 is 0 Å². The van der Waals surface area contributed by atoms with Crippen molar-refractivity contribution in [3.63, 3.8) is 0 Å². The molecule has 0 aliphatic carbocycles. The second-order valence-corrected chi connectivity index (χ2v) is 5.60. The van der Waals surface area contributed by atoms with Crippen LogP contribution >= 0.6 is 11.6 Å². The van der Waals surface area contributed by atoms with Crippen molar-refractivity contribution in [2.24, 2.45) is 5.73 Å². The molecule has 0 fully saturated rings. The number of benzene rings is 1. The molecule has 2 aromatic rings. The highest BCUT2D eigenvalue weighted by atomic mass is 35.5. The number of amides is 1. The van der Waals surface area contributed by atoms with E-state index in [4.69, 9.17) is 17.3 Å². The number of fused-ring (bicyclic) bond motifs is 1. The lowest BCUT2D eigenvalue weighted by molar-refractivity contribution is 0.0989. The number of hydrogen-bond donors (Lipinski definition) is 1. The first-order valence-corrected chi connectivity index (χ1v) is 7.22. The fraction of sp³-hybridized carbons (Fsp3) is 0.267. The molecule has 5 nitrogen and oxygen atoms in total. The van der Waals surface area contributed by atoms with Gasteiger partial charge in [0, 0.05) is 36.4 Å². The summed E-state index contributed by atoms with van der Waals surface area (Å²) in [5.74, 6) is -0.972. The summed E-state index contributed by atoms with van der Waals surface area (Å²) in [7, 11) is 0. The summed E-state index contributed by atoms with van der Waals surface area (Å²) >= 11 is 6.06. The van der Waals surface area contributed by atoms with E-state index in [2.05, 4.69) is 9.97 Å². The van der Waals surface area contributed by atoms with Gasteiger partial charge in [0.05, 0.1) is 5.69 Å². The van der Waals surface area contributed by atoms with Gasteiger partial charge in [-0.2, -0.15) is 0 Å². The second-order valence-electron chi connectivity index (χ2n) is 5.19. The molecule has 22 heavy (non-hydrogen) atoms. The molecule has 0 spiro atoms. The van der Waals surface area contributed by atoms with E-state index in [0.717, 1.165) is 24.2 Å². The fourth-order valence-corrected chi connectivity index (χ4v) is 2.74. The molecule has 0 atom stereocenters. The summed E-state index contributed by atoms with van der Waals surface area (Å²) in [4.78, 5) is 21.3. The molecule has 2 heterocycles. The minimum absolute atomic E-state index is 0.00419. The van der Waals surface area contributed by atoms with Gasteiger partial charge in [0.25, 0.3) is 5.91 Å². The monoisotopic (exact) mass is 320 g/mol. The van der Waals surface area contributed by atoms with Crippen LogP contribution in [0.4, 0.5) is 4.39 Å². The van der Waals surface area contributed by atoms with Gasteiger partial charge in [0.1, 0.15) is 5.82 Å². The Morgan fingerprint density at radius 2 is 2.27 bits per heavy atom. The average Bonchev–Trinajstić information content (AvgIpc) is 2.50. The van der Waals surface area contributed by atoms with Crippen LogP contribution in [0.5, 0.6) is 0 Å². The number of aromatic nitrogens is 2. The van der Waals surface area contributed by atoms with E-state index in [9.17, 15) is 9.18 Å². The van der Waals surface area contributed by atoms with Crippen molar-refractivity contribution in [3.8, 4) is 0 Å². The summed E-state index contributed by atoms with van der Waals surface area (Å²) in [6, 6.07) is 4.65. The SMILES string of the molecule is NC(=O)c1ncc2c(n1)CN(Cc1c(F)cccc1Cl)CC2. The van der Waals surface area contributed by atoms with Crippen molar-refractivity contribution >= 4 is 17.5 Å². The van der Waals surface area contributed by atoms with Gasteiger partial charge in [-0.1, -0.05) is 17.7 Å². The van der Waals surface area contributed by atoms with Crippen molar-refractivity contribution in [2.75, 3.05) is 6.54 Å². The predicted octanol–water partition coefficient (Wildman–Crippen LogP) is 1.93. The van der Waals surface area contributed by atoms with Crippen molar-refractivity contribution < 1.29 is 9.18 Å². The molecule has 2 N–H and O–H groups in total. The molecule has 0 radical (unpaired) electrons. The zero-order chi connectivity index (χ0) is 15.7. The highest BCUT2D eigenvalue weighted by Gasteiger charge is 2.21. The third kappa shape index (κ3) is 2.93. The zero-order valence-corrected chi connectivity index (χ0v) is 12.5. The normalized spacial score (nSPS) is 14.6. The van der Waals surface area contributed by atoms with Gasteiger partial charge in [-0.3, -0.25) is 9.69 Å².